The summed E-state index contributed by atoms with van der Waals surface area (Å²) in [5.74, 6) is 1.86. The minimum Gasteiger partial charge on any atom is -0.497 e. The topological polar surface area (TPSA) is 78.9 Å². The number of rotatable bonds is 3. The molecule has 1 aromatic carbocycles. The van der Waals surface area contributed by atoms with Crippen LogP contribution in [0.25, 0.3) is 0 Å². The van der Waals surface area contributed by atoms with E-state index in [1.54, 1.807) is 25.6 Å². The normalized spacial score (nSPS) is 24.6. The van der Waals surface area contributed by atoms with E-state index in [1.807, 2.05) is 41.1 Å². The molecule has 4 heterocycles. The standard InChI is InChI=1S/C23H27N5O3/c1-26-21(30)18-14-28(22-24-10-3-11-25-22)15-19(18)23(26)8-12-27(13-9-23)20(29)16-4-6-17(31-2)7-5-16/h3-7,10-11,18-19H,8-9,12-15H2,1-2H3/t18-,19+/m0/s1. The molecule has 8 heteroatoms. The fourth-order valence-corrected chi connectivity index (χ4v) is 5.65. The van der Waals surface area contributed by atoms with Crippen molar-refractivity contribution >= 4 is 17.8 Å². The average Bonchev–Trinajstić information content (AvgIpc) is 3.35. The molecule has 3 fully saturated rings. The van der Waals surface area contributed by atoms with Crippen molar-refractivity contribution in [1.29, 1.82) is 0 Å². The number of aromatic nitrogens is 2. The number of anilines is 1. The number of amides is 2. The predicted octanol–water partition coefficient (Wildman–Crippen LogP) is 1.68. The van der Waals surface area contributed by atoms with Crippen molar-refractivity contribution in [3.8, 4) is 5.75 Å². The number of likely N-dealkylation sites (tertiary alicyclic amines) is 2. The zero-order valence-corrected chi connectivity index (χ0v) is 17.9. The van der Waals surface area contributed by atoms with Crippen molar-refractivity contribution in [3.63, 3.8) is 0 Å². The molecule has 2 atom stereocenters. The summed E-state index contributed by atoms with van der Waals surface area (Å²) in [6.45, 7) is 2.73. The van der Waals surface area contributed by atoms with Gasteiger partial charge < -0.3 is 19.4 Å². The smallest absolute Gasteiger partial charge is 0.253 e. The van der Waals surface area contributed by atoms with E-state index >= 15 is 0 Å². The van der Waals surface area contributed by atoms with E-state index in [-0.39, 0.29) is 29.2 Å². The first kappa shape index (κ1) is 19.8. The molecule has 0 saturated carbocycles. The third-order valence-corrected chi connectivity index (χ3v) is 7.41. The molecule has 2 aromatic rings. The van der Waals surface area contributed by atoms with Gasteiger partial charge in [-0.15, -0.1) is 0 Å². The van der Waals surface area contributed by atoms with Gasteiger partial charge >= 0.3 is 0 Å². The Morgan fingerprint density at radius 2 is 1.77 bits per heavy atom. The van der Waals surface area contributed by atoms with Crippen LogP contribution in [0.2, 0.25) is 0 Å². The van der Waals surface area contributed by atoms with Crippen molar-refractivity contribution in [1.82, 2.24) is 19.8 Å². The van der Waals surface area contributed by atoms with Gasteiger partial charge in [-0.25, -0.2) is 9.97 Å². The third-order valence-electron chi connectivity index (χ3n) is 7.41. The van der Waals surface area contributed by atoms with Gasteiger partial charge in [0, 0.05) is 57.1 Å². The van der Waals surface area contributed by atoms with Crippen LogP contribution in [0.4, 0.5) is 5.95 Å². The molecule has 8 nitrogen and oxygen atoms in total. The van der Waals surface area contributed by atoms with Crippen LogP contribution >= 0.6 is 0 Å². The molecule has 3 aliphatic heterocycles. The molecule has 5 rings (SSSR count). The van der Waals surface area contributed by atoms with Crippen LogP contribution in [-0.2, 0) is 4.79 Å². The minimum atomic E-state index is -0.206. The predicted molar refractivity (Wildman–Crippen MR) is 115 cm³/mol. The number of hydrogen-bond donors (Lipinski definition) is 0. The number of ether oxygens (including phenoxy) is 1. The molecule has 1 spiro atoms. The van der Waals surface area contributed by atoms with Crippen molar-refractivity contribution in [3.05, 3.63) is 48.3 Å². The number of carbonyl (C=O) groups excluding carboxylic acids is 2. The van der Waals surface area contributed by atoms with Crippen LogP contribution in [0.3, 0.4) is 0 Å². The second-order valence-electron chi connectivity index (χ2n) is 8.69. The molecular formula is C23H27N5O3. The van der Waals surface area contributed by atoms with Gasteiger partial charge in [-0.1, -0.05) is 0 Å². The van der Waals surface area contributed by atoms with Crippen LogP contribution in [-0.4, -0.2) is 77.5 Å². The first-order valence-corrected chi connectivity index (χ1v) is 10.8. The van der Waals surface area contributed by atoms with Gasteiger partial charge in [0.1, 0.15) is 5.75 Å². The summed E-state index contributed by atoms with van der Waals surface area (Å²) in [7, 11) is 3.55. The number of methoxy groups -OCH3 is 1. The molecule has 3 aliphatic rings. The molecule has 0 radical (unpaired) electrons. The first-order chi connectivity index (χ1) is 15.0. The number of nitrogens with zero attached hydrogens (tertiary/aromatic N) is 5. The van der Waals surface area contributed by atoms with E-state index in [0.29, 0.717) is 31.1 Å². The van der Waals surface area contributed by atoms with Crippen molar-refractivity contribution in [2.24, 2.45) is 11.8 Å². The van der Waals surface area contributed by atoms with Crippen LogP contribution in [0.5, 0.6) is 5.75 Å². The molecule has 2 amide bonds. The lowest BCUT2D eigenvalue weighted by Gasteiger charge is -2.46. The second-order valence-corrected chi connectivity index (χ2v) is 8.69. The second kappa shape index (κ2) is 7.51. The number of piperidine rings is 1. The Kier molecular flexibility index (Phi) is 4.79. The van der Waals surface area contributed by atoms with E-state index in [9.17, 15) is 9.59 Å². The number of fused-ring (bicyclic) bond motifs is 2. The van der Waals surface area contributed by atoms with E-state index in [0.717, 1.165) is 25.1 Å². The van der Waals surface area contributed by atoms with Gasteiger partial charge in [0.2, 0.25) is 11.9 Å². The van der Waals surface area contributed by atoms with E-state index in [2.05, 4.69) is 14.9 Å². The van der Waals surface area contributed by atoms with E-state index in [1.165, 1.54) is 0 Å². The molecule has 1 aromatic heterocycles. The number of carbonyl (C=O) groups is 2. The Morgan fingerprint density at radius 1 is 1.10 bits per heavy atom. The zero-order chi connectivity index (χ0) is 21.6. The monoisotopic (exact) mass is 421 g/mol. The highest BCUT2D eigenvalue weighted by atomic mass is 16.5. The lowest BCUT2D eigenvalue weighted by Crippen LogP contribution is -2.56. The van der Waals surface area contributed by atoms with E-state index < -0.39 is 0 Å². The Labute approximate surface area is 181 Å². The largest absolute Gasteiger partial charge is 0.497 e. The fourth-order valence-electron chi connectivity index (χ4n) is 5.65. The fraction of sp³-hybridized carbons (Fsp3) is 0.478. The van der Waals surface area contributed by atoms with Gasteiger partial charge in [-0.2, -0.15) is 0 Å². The summed E-state index contributed by atoms with van der Waals surface area (Å²) in [4.78, 5) is 40.9. The van der Waals surface area contributed by atoms with Gasteiger partial charge in [-0.05, 0) is 43.2 Å². The highest BCUT2D eigenvalue weighted by Crippen LogP contribution is 2.49. The summed E-state index contributed by atoms with van der Waals surface area (Å²) in [6, 6.07) is 9.04. The molecule has 0 unspecified atom stereocenters. The van der Waals surface area contributed by atoms with Gasteiger partial charge in [-0.3, -0.25) is 9.59 Å². The summed E-state index contributed by atoms with van der Waals surface area (Å²) < 4.78 is 5.19. The summed E-state index contributed by atoms with van der Waals surface area (Å²) in [6.07, 6.45) is 5.07. The lowest BCUT2D eigenvalue weighted by atomic mass is 9.75. The average molecular weight is 422 g/mol. The molecule has 162 valence electrons. The maximum Gasteiger partial charge on any atom is 0.253 e. The van der Waals surface area contributed by atoms with Gasteiger partial charge in [0.25, 0.3) is 5.91 Å². The Balaban J connectivity index is 1.31. The molecule has 31 heavy (non-hydrogen) atoms. The van der Waals surface area contributed by atoms with Gasteiger partial charge in [0.05, 0.1) is 18.6 Å². The quantitative estimate of drug-likeness (QED) is 0.751. The zero-order valence-electron chi connectivity index (χ0n) is 17.9. The Hall–Kier alpha value is -3.16. The van der Waals surface area contributed by atoms with Gasteiger partial charge in [0.15, 0.2) is 0 Å². The van der Waals surface area contributed by atoms with Crippen LogP contribution < -0.4 is 9.64 Å². The van der Waals surface area contributed by atoms with Crippen molar-refractivity contribution in [2.45, 2.75) is 18.4 Å². The van der Waals surface area contributed by atoms with Crippen molar-refractivity contribution < 1.29 is 14.3 Å². The first-order valence-electron chi connectivity index (χ1n) is 10.8. The number of hydrogen-bond acceptors (Lipinski definition) is 6. The highest BCUT2D eigenvalue weighted by molar-refractivity contribution is 5.94. The van der Waals surface area contributed by atoms with Crippen LogP contribution in [0, 0.1) is 11.8 Å². The van der Waals surface area contributed by atoms with Crippen LogP contribution in [0.1, 0.15) is 23.2 Å². The molecule has 3 saturated heterocycles. The van der Waals surface area contributed by atoms with Crippen molar-refractivity contribution in [2.75, 3.05) is 45.2 Å². The molecule has 0 aliphatic carbocycles. The highest BCUT2D eigenvalue weighted by Gasteiger charge is 2.60. The lowest BCUT2D eigenvalue weighted by molar-refractivity contribution is -0.133. The Bertz CT molecular complexity index is 972. The van der Waals surface area contributed by atoms with Crippen LogP contribution in [0.15, 0.2) is 42.7 Å². The number of benzene rings is 1. The van der Waals surface area contributed by atoms with E-state index in [4.69, 9.17) is 4.74 Å². The molecular weight excluding hydrogens is 394 g/mol. The summed E-state index contributed by atoms with van der Waals surface area (Å²) >= 11 is 0. The maximum atomic E-state index is 13.1. The molecule has 0 N–H and O–H groups in total. The molecule has 0 bridgehead atoms. The Morgan fingerprint density at radius 3 is 2.42 bits per heavy atom. The SMILES string of the molecule is COc1ccc(C(=O)N2CCC3(CC2)[C@@H]2CN(c4ncccn4)C[C@@H]2C(=O)N3C)cc1. The summed E-state index contributed by atoms with van der Waals surface area (Å²) in [5.41, 5.74) is 0.459. The minimum absolute atomic E-state index is 0.0300. The maximum absolute atomic E-state index is 13.1. The summed E-state index contributed by atoms with van der Waals surface area (Å²) in [5, 5.41) is 0. The third kappa shape index (κ3) is 3.12.